The van der Waals surface area contributed by atoms with Crippen molar-refractivity contribution in [2.24, 2.45) is 0 Å². The Balaban J connectivity index is 2.13. The van der Waals surface area contributed by atoms with Crippen molar-refractivity contribution in [2.45, 2.75) is 65.3 Å². The number of rotatable bonds is 14. The average Bonchev–Trinajstić information content (AvgIpc) is 2.81. The maximum absolute atomic E-state index is 13.1. The Bertz CT molecular complexity index is 997. The zero-order valence-corrected chi connectivity index (χ0v) is 19.9. The third kappa shape index (κ3) is 7.40. The number of carbonyl (C=O) groups excluding carboxylic acids is 1. The van der Waals surface area contributed by atoms with Gasteiger partial charge in [-0.1, -0.05) is 33.1 Å². The molecular formula is C24H36N4O5. The van der Waals surface area contributed by atoms with Crippen LogP contribution in [0.15, 0.2) is 33.9 Å². The second-order valence-corrected chi connectivity index (χ2v) is 7.88. The Labute approximate surface area is 194 Å². The highest BCUT2D eigenvalue weighted by molar-refractivity contribution is 5.95. The van der Waals surface area contributed by atoms with Crippen LogP contribution in [0.3, 0.4) is 0 Å². The molecule has 9 heteroatoms. The van der Waals surface area contributed by atoms with E-state index in [1.165, 1.54) is 9.47 Å². The Morgan fingerprint density at radius 1 is 1.03 bits per heavy atom. The van der Waals surface area contributed by atoms with Crippen molar-refractivity contribution in [3.8, 4) is 11.5 Å². The Morgan fingerprint density at radius 2 is 1.70 bits per heavy atom. The summed E-state index contributed by atoms with van der Waals surface area (Å²) in [7, 11) is 1.60. The summed E-state index contributed by atoms with van der Waals surface area (Å²) in [6, 6.07) is 7.21. The number of ether oxygens (including phenoxy) is 2. The first-order valence-corrected chi connectivity index (χ1v) is 11.6. The van der Waals surface area contributed by atoms with Crippen LogP contribution in [-0.4, -0.2) is 35.7 Å². The number of nitrogens with zero attached hydrogens (tertiary/aromatic N) is 2. The molecule has 0 aliphatic rings. The number of nitrogens with two attached hydrogens (primary N) is 1. The van der Waals surface area contributed by atoms with E-state index in [1.54, 1.807) is 31.4 Å². The molecular weight excluding hydrogens is 424 g/mol. The van der Waals surface area contributed by atoms with E-state index in [9.17, 15) is 14.4 Å². The molecule has 2 aromatic rings. The molecule has 0 bridgehead atoms. The lowest BCUT2D eigenvalue weighted by Gasteiger charge is -2.24. The van der Waals surface area contributed by atoms with Gasteiger partial charge in [-0.05, 0) is 43.5 Å². The molecule has 0 unspecified atom stereocenters. The number of benzene rings is 1. The van der Waals surface area contributed by atoms with Gasteiger partial charge in [-0.25, -0.2) is 4.79 Å². The quantitative estimate of drug-likeness (QED) is 0.418. The lowest BCUT2D eigenvalue weighted by atomic mass is 10.2. The summed E-state index contributed by atoms with van der Waals surface area (Å²) in [5, 5.41) is 0. The Morgan fingerprint density at radius 3 is 2.33 bits per heavy atom. The average molecular weight is 461 g/mol. The molecule has 1 heterocycles. The Hall–Kier alpha value is -3.23. The van der Waals surface area contributed by atoms with Crippen LogP contribution in [0.5, 0.6) is 11.5 Å². The lowest BCUT2D eigenvalue weighted by Crippen LogP contribution is -2.41. The van der Waals surface area contributed by atoms with Crippen LogP contribution in [0.2, 0.25) is 0 Å². The van der Waals surface area contributed by atoms with E-state index in [1.807, 2.05) is 6.92 Å². The molecule has 1 aromatic heterocycles. The van der Waals surface area contributed by atoms with Crippen molar-refractivity contribution in [1.82, 2.24) is 9.55 Å². The van der Waals surface area contributed by atoms with Crippen LogP contribution in [-0.2, 0) is 11.3 Å². The number of unbranched alkanes of at least 4 members (excludes halogenated alkanes) is 3. The largest absolute Gasteiger partial charge is 0.497 e. The van der Waals surface area contributed by atoms with Crippen molar-refractivity contribution in [2.75, 3.05) is 30.9 Å². The standard InChI is InChI=1S/C24H36N4O5/c1-4-6-8-16-27(21-22(25)28(15-7-5-2)24(31)26-23(21)30)20(29)10-9-17-33-19-13-11-18(32-3)12-14-19/h11-14H,4-10,15-17,25H2,1-3H3,(H,26,30,31). The highest BCUT2D eigenvalue weighted by atomic mass is 16.5. The highest BCUT2D eigenvalue weighted by Gasteiger charge is 2.23. The third-order valence-electron chi connectivity index (χ3n) is 5.37. The van der Waals surface area contributed by atoms with Crippen LogP contribution < -0.4 is 31.4 Å². The Kier molecular flexibility index (Phi) is 10.5. The fraction of sp³-hybridized carbons (Fsp3) is 0.542. The monoisotopic (exact) mass is 460 g/mol. The van der Waals surface area contributed by atoms with Gasteiger partial charge in [0, 0.05) is 19.5 Å². The number of H-pyrrole nitrogens is 1. The number of anilines is 2. The molecule has 1 amide bonds. The molecule has 0 saturated carbocycles. The topological polar surface area (TPSA) is 120 Å². The summed E-state index contributed by atoms with van der Waals surface area (Å²) in [4.78, 5) is 41.8. The van der Waals surface area contributed by atoms with Crippen LogP contribution >= 0.6 is 0 Å². The summed E-state index contributed by atoms with van der Waals surface area (Å²) in [6.45, 7) is 5.17. The van der Waals surface area contributed by atoms with Gasteiger partial charge >= 0.3 is 5.69 Å². The van der Waals surface area contributed by atoms with Crippen LogP contribution in [0.25, 0.3) is 0 Å². The molecule has 182 valence electrons. The first kappa shape index (κ1) is 26.0. The van der Waals surface area contributed by atoms with E-state index in [2.05, 4.69) is 11.9 Å². The van der Waals surface area contributed by atoms with Crippen molar-refractivity contribution in [3.05, 3.63) is 45.1 Å². The molecule has 3 N–H and O–H groups in total. The molecule has 0 saturated heterocycles. The predicted molar refractivity (Wildman–Crippen MR) is 130 cm³/mol. The molecule has 33 heavy (non-hydrogen) atoms. The van der Waals surface area contributed by atoms with E-state index in [4.69, 9.17) is 15.2 Å². The van der Waals surface area contributed by atoms with Crippen molar-refractivity contribution < 1.29 is 14.3 Å². The number of hydrogen-bond acceptors (Lipinski definition) is 6. The number of methoxy groups -OCH3 is 1. The summed E-state index contributed by atoms with van der Waals surface area (Å²) >= 11 is 0. The van der Waals surface area contributed by atoms with Gasteiger partial charge in [0.15, 0.2) is 5.69 Å². The fourth-order valence-corrected chi connectivity index (χ4v) is 3.48. The summed E-state index contributed by atoms with van der Waals surface area (Å²) in [5.41, 5.74) is 5.11. The fourth-order valence-electron chi connectivity index (χ4n) is 3.48. The highest BCUT2D eigenvalue weighted by Crippen LogP contribution is 2.20. The zero-order valence-electron chi connectivity index (χ0n) is 19.9. The molecule has 0 aliphatic carbocycles. The minimum absolute atomic E-state index is 0.0385. The number of carbonyl (C=O) groups is 1. The minimum atomic E-state index is -0.635. The van der Waals surface area contributed by atoms with Crippen LogP contribution in [0, 0.1) is 0 Å². The molecule has 0 radical (unpaired) electrons. The van der Waals surface area contributed by atoms with Crippen LogP contribution in [0.1, 0.15) is 58.8 Å². The van der Waals surface area contributed by atoms with Gasteiger partial charge in [0.25, 0.3) is 5.56 Å². The lowest BCUT2D eigenvalue weighted by molar-refractivity contribution is -0.118. The molecule has 0 atom stereocenters. The molecule has 1 aromatic carbocycles. The van der Waals surface area contributed by atoms with Gasteiger partial charge in [0.2, 0.25) is 5.91 Å². The smallest absolute Gasteiger partial charge is 0.330 e. The van der Waals surface area contributed by atoms with Crippen molar-refractivity contribution >= 4 is 17.4 Å². The number of hydrogen-bond donors (Lipinski definition) is 2. The first-order chi connectivity index (χ1) is 15.9. The maximum Gasteiger partial charge on any atom is 0.330 e. The normalized spacial score (nSPS) is 10.8. The van der Waals surface area contributed by atoms with Crippen LogP contribution in [0.4, 0.5) is 11.5 Å². The summed E-state index contributed by atoms with van der Waals surface area (Å²) in [6.07, 6.45) is 4.89. The molecule has 0 fully saturated rings. The zero-order chi connectivity index (χ0) is 24.2. The minimum Gasteiger partial charge on any atom is -0.497 e. The van der Waals surface area contributed by atoms with E-state index in [0.717, 1.165) is 37.9 Å². The van der Waals surface area contributed by atoms with Gasteiger partial charge in [0.1, 0.15) is 17.3 Å². The number of aromatic amines is 1. The number of nitrogen functional groups attached to an aromatic ring is 1. The maximum atomic E-state index is 13.1. The summed E-state index contributed by atoms with van der Waals surface area (Å²) in [5.74, 6) is 1.24. The number of amides is 1. The van der Waals surface area contributed by atoms with Gasteiger partial charge in [-0.3, -0.25) is 19.1 Å². The molecule has 9 nitrogen and oxygen atoms in total. The SMILES string of the molecule is CCCCCN(C(=O)CCCOc1ccc(OC)cc1)c1c(N)n(CCCC)c(=O)[nH]c1=O. The van der Waals surface area contributed by atoms with Gasteiger partial charge in [-0.2, -0.15) is 0 Å². The van der Waals surface area contributed by atoms with E-state index in [-0.39, 0.29) is 23.8 Å². The van der Waals surface area contributed by atoms with Gasteiger partial charge < -0.3 is 20.1 Å². The first-order valence-electron chi connectivity index (χ1n) is 11.6. The van der Waals surface area contributed by atoms with E-state index < -0.39 is 11.2 Å². The molecule has 2 rings (SSSR count). The van der Waals surface area contributed by atoms with Gasteiger partial charge in [0.05, 0.1) is 13.7 Å². The second-order valence-electron chi connectivity index (χ2n) is 7.88. The predicted octanol–water partition coefficient (Wildman–Crippen LogP) is 3.31. The summed E-state index contributed by atoms with van der Waals surface area (Å²) < 4.78 is 12.2. The third-order valence-corrected chi connectivity index (χ3v) is 5.37. The number of aromatic nitrogens is 2. The van der Waals surface area contributed by atoms with E-state index in [0.29, 0.717) is 31.9 Å². The van der Waals surface area contributed by atoms with Gasteiger partial charge in [-0.15, -0.1) is 0 Å². The number of nitrogens with one attached hydrogen (secondary N) is 1. The van der Waals surface area contributed by atoms with E-state index >= 15 is 0 Å². The molecule has 0 spiro atoms. The molecule has 0 aliphatic heterocycles. The van der Waals surface area contributed by atoms with Crippen molar-refractivity contribution in [3.63, 3.8) is 0 Å². The second kappa shape index (κ2) is 13.3. The van der Waals surface area contributed by atoms with Crippen molar-refractivity contribution in [1.29, 1.82) is 0 Å².